The molecule has 0 bridgehead atoms. The molecule has 1 atom stereocenters. The van der Waals surface area contributed by atoms with Gasteiger partial charge in [0.05, 0.1) is 11.6 Å². The van der Waals surface area contributed by atoms with E-state index in [9.17, 15) is 5.11 Å². The van der Waals surface area contributed by atoms with Gasteiger partial charge in [-0.25, -0.2) is 9.97 Å². The fraction of sp³-hybridized carbons (Fsp3) is 0.692. The van der Waals surface area contributed by atoms with Crippen molar-refractivity contribution < 1.29 is 5.11 Å². The Bertz CT molecular complexity index is 430. The maximum atomic E-state index is 9.74. The molecule has 1 rings (SSSR count). The highest BCUT2D eigenvalue weighted by atomic mass is 35.5. The monoisotopic (exact) mass is 271 g/mol. The van der Waals surface area contributed by atoms with Crippen LogP contribution in [0.25, 0.3) is 0 Å². The van der Waals surface area contributed by atoms with Crippen LogP contribution in [0.1, 0.15) is 51.9 Å². The van der Waals surface area contributed by atoms with Gasteiger partial charge in [0.15, 0.2) is 0 Å². The highest BCUT2D eigenvalue weighted by Gasteiger charge is 2.26. The lowest BCUT2D eigenvalue weighted by atomic mass is 9.98. The molecule has 0 spiro atoms. The van der Waals surface area contributed by atoms with Crippen LogP contribution in [-0.2, 0) is 0 Å². The fourth-order valence-corrected chi connectivity index (χ4v) is 1.47. The number of aliphatic hydroxyl groups excluding tert-OH is 1. The van der Waals surface area contributed by atoms with E-state index in [0.717, 1.165) is 5.56 Å². The minimum Gasteiger partial charge on any atom is -0.391 e. The maximum Gasteiger partial charge on any atom is 0.137 e. The summed E-state index contributed by atoms with van der Waals surface area (Å²) in [5, 5.41) is 13.4. The molecule has 4 nitrogen and oxygen atoms in total. The summed E-state index contributed by atoms with van der Waals surface area (Å²) in [7, 11) is 0. The van der Waals surface area contributed by atoms with Crippen LogP contribution < -0.4 is 5.32 Å². The van der Waals surface area contributed by atoms with Gasteiger partial charge in [0.1, 0.15) is 16.8 Å². The molecule has 0 radical (unpaired) electrons. The van der Waals surface area contributed by atoms with E-state index in [1.54, 1.807) is 6.92 Å². The van der Waals surface area contributed by atoms with Crippen LogP contribution in [0.3, 0.4) is 0 Å². The standard InChI is InChI=1S/C13H22ClN3O/c1-7(2)11-15-10(14)8(3)12(16-11)17-13(5,6)9(4)18/h7,9,18H,1-6H3,(H,15,16,17). The Morgan fingerprint density at radius 3 is 2.22 bits per heavy atom. The molecular formula is C13H22ClN3O. The van der Waals surface area contributed by atoms with E-state index in [-0.39, 0.29) is 5.92 Å². The summed E-state index contributed by atoms with van der Waals surface area (Å²) in [6, 6.07) is 0. The minimum atomic E-state index is -0.506. The summed E-state index contributed by atoms with van der Waals surface area (Å²) in [5.74, 6) is 1.59. The lowest BCUT2D eigenvalue weighted by molar-refractivity contribution is 0.133. The number of rotatable bonds is 4. The molecule has 0 aromatic carbocycles. The Labute approximate surface area is 114 Å². The van der Waals surface area contributed by atoms with E-state index in [4.69, 9.17) is 11.6 Å². The third-order valence-corrected chi connectivity index (χ3v) is 3.47. The number of hydrogen-bond acceptors (Lipinski definition) is 4. The summed E-state index contributed by atoms with van der Waals surface area (Å²) < 4.78 is 0. The van der Waals surface area contributed by atoms with Crippen LogP contribution in [-0.4, -0.2) is 26.7 Å². The van der Waals surface area contributed by atoms with Crippen molar-refractivity contribution in [2.24, 2.45) is 0 Å². The van der Waals surface area contributed by atoms with Gasteiger partial charge in [-0.2, -0.15) is 0 Å². The van der Waals surface area contributed by atoms with Crippen molar-refractivity contribution in [3.8, 4) is 0 Å². The molecule has 1 aromatic rings. The van der Waals surface area contributed by atoms with Crippen molar-refractivity contribution in [1.29, 1.82) is 0 Å². The van der Waals surface area contributed by atoms with Gasteiger partial charge in [0.2, 0.25) is 0 Å². The van der Waals surface area contributed by atoms with Gasteiger partial charge >= 0.3 is 0 Å². The van der Waals surface area contributed by atoms with E-state index in [1.165, 1.54) is 0 Å². The average molecular weight is 272 g/mol. The van der Waals surface area contributed by atoms with Crippen LogP contribution >= 0.6 is 11.6 Å². The first kappa shape index (κ1) is 15.2. The SMILES string of the molecule is Cc1c(Cl)nc(C(C)C)nc1NC(C)(C)C(C)O. The van der Waals surface area contributed by atoms with E-state index in [1.807, 2.05) is 34.6 Å². The van der Waals surface area contributed by atoms with Gasteiger partial charge in [-0.1, -0.05) is 25.4 Å². The summed E-state index contributed by atoms with van der Waals surface area (Å²) in [4.78, 5) is 8.74. The zero-order chi connectivity index (χ0) is 14.1. The minimum absolute atomic E-state index is 0.207. The normalized spacial score (nSPS) is 13.8. The van der Waals surface area contributed by atoms with Crippen molar-refractivity contribution in [1.82, 2.24) is 9.97 Å². The second-order valence-corrected chi connectivity index (χ2v) is 5.88. The van der Waals surface area contributed by atoms with Crippen LogP contribution in [0.4, 0.5) is 5.82 Å². The molecule has 18 heavy (non-hydrogen) atoms. The molecule has 0 amide bonds. The van der Waals surface area contributed by atoms with Crippen molar-refractivity contribution in [3.05, 3.63) is 16.5 Å². The molecule has 0 saturated carbocycles. The van der Waals surface area contributed by atoms with E-state index in [0.29, 0.717) is 16.8 Å². The Kier molecular flexibility index (Phi) is 4.56. The Morgan fingerprint density at radius 1 is 1.22 bits per heavy atom. The zero-order valence-electron chi connectivity index (χ0n) is 11.9. The molecule has 0 aliphatic carbocycles. The molecule has 102 valence electrons. The first-order chi connectivity index (χ1) is 8.15. The molecule has 0 aliphatic heterocycles. The van der Waals surface area contributed by atoms with Gasteiger partial charge in [0, 0.05) is 11.5 Å². The second-order valence-electron chi connectivity index (χ2n) is 5.52. The largest absolute Gasteiger partial charge is 0.391 e. The maximum absolute atomic E-state index is 9.74. The number of aromatic nitrogens is 2. The molecule has 1 unspecified atom stereocenters. The third-order valence-electron chi connectivity index (χ3n) is 3.11. The van der Waals surface area contributed by atoms with Crippen molar-refractivity contribution in [2.75, 3.05) is 5.32 Å². The third kappa shape index (κ3) is 3.33. The first-order valence-corrected chi connectivity index (χ1v) is 6.53. The van der Waals surface area contributed by atoms with Crippen molar-refractivity contribution >= 4 is 17.4 Å². The van der Waals surface area contributed by atoms with Gasteiger partial charge in [-0.3, -0.25) is 0 Å². The highest BCUT2D eigenvalue weighted by molar-refractivity contribution is 6.30. The van der Waals surface area contributed by atoms with E-state index >= 15 is 0 Å². The van der Waals surface area contributed by atoms with E-state index < -0.39 is 11.6 Å². The molecule has 0 saturated heterocycles. The average Bonchev–Trinajstić information content (AvgIpc) is 2.23. The lowest BCUT2D eigenvalue weighted by Crippen LogP contribution is -2.42. The number of hydrogen-bond donors (Lipinski definition) is 2. The number of nitrogens with zero attached hydrogens (tertiary/aromatic N) is 2. The molecule has 5 heteroatoms. The van der Waals surface area contributed by atoms with Gasteiger partial charge in [0.25, 0.3) is 0 Å². The first-order valence-electron chi connectivity index (χ1n) is 6.15. The smallest absolute Gasteiger partial charge is 0.137 e. The number of aliphatic hydroxyl groups is 1. The lowest BCUT2D eigenvalue weighted by Gasteiger charge is -2.31. The summed E-state index contributed by atoms with van der Waals surface area (Å²) in [5.41, 5.74) is 0.325. The Hall–Kier alpha value is -0.870. The quantitative estimate of drug-likeness (QED) is 0.826. The predicted molar refractivity (Wildman–Crippen MR) is 75.3 cm³/mol. The predicted octanol–water partition coefficient (Wildman–Crippen LogP) is 3.13. The van der Waals surface area contributed by atoms with Crippen molar-refractivity contribution in [3.63, 3.8) is 0 Å². The molecule has 2 N–H and O–H groups in total. The highest BCUT2D eigenvalue weighted by Crippen LogP contribution is 2.26. The van der Waals surface area contributed by atoms with Crippen LogP contribution in [0.2, 0.25) is 5.15 Å². The van der Waals surface area contributed by atoms with Crippen LogP contribution in [0, 0.1) is 6.92 Å². The Morgan fingerprint density at radius 2 is 1.78 bits per heavy atom. The second kappa shape index (κ2) is 5.41. The molecule has 1 heterocycles. The molecule has 0 aliphatic rings. The number of nitrogens with one attached hydrogen (secondary N) is 1. The number of anilines is 1. The van der Waals surface area contributed by atoms with Crippen molar-refractivity contribution in [2.45, 2.75) is 59.1 Å². The summed E-state index contributed by atoms with van der Waals surface area (Å²) >= 11 is 6.12. The van der Waals surface area contributed by atoms with E-state index in [2.05, 4.69) is 15.3 Å². The van der Waals surface area contributed by atoms with Gasteiger partial charge in [-0.15, -0.1) is 0 Å². The fourth-order valence-electron chi connectivity index (χ4n) is 1.30. The molecule has 1 aromatic heterocycles. The zero-order valence-corrected chi connectivity index (χ0v) is 12.6. The van der Waals surface area contributed by atoms with Crippen LogP contribution in [0.15, 0.2) is 0 Å². The van der Waals surface area contributed by atoms with Gasteiger partial charge in [-0.05, 0) is 27.7 Å². The molecular weight excluding hydrogens is 250 g/mol. The van der Waals surface area contributed by atoms with Crippen LogP contribution in [0.5, 0.6) is 0 Å². The topological polar surface area (TPSA) is 58.0 Å². The summed E-state index contributed by atoms with van der Waals surface area (Å²) in [6.07, 6.45) is -0.506. The number of halogens is 1. The summed E-state index contributed by atoms with van der Waals surface area (Å²) in [6.45, 7) is 11.5. The molecule has 0 fully saturated rings. The van der Waals surface area contributed by atoms with Gasteiger partial charge < -0.3 is 10.4 Å². The Balaban J connectivity index is 3.16.